The van der Waals surface area contributed by atoms with Crippen molar-refractivity contribution in [1.29, 1.82) is 0 Å². The van der Waals surface area contributed by atoms with Gasteiger partial charge in [0.05, 0.1) is 18.0 Å². The van der Waals surface area contributed by atoms with Crippen LogP contribution in [-0.2, 0) is 4.74 Å². The number of nitrogens with zero attached hydrogens (tertiary/aromatic N) is 5. The molecule has 2 N–H and O–H groups in total. The maximum absolute atomic E-state index is 12.7. The Labute approximate surface area is 179 Å². The van der Waals surface area contributed by atoms with Crippen LogP contribution in [0.4, 0.5) is 20.5 Å². The Morgan fingerprint density at radius 3 is 2.61 bits per heavy atom. The highest BCUT2D eigenvalue weighted by molar-refractivity contribution is 5.65. The van der Waals surface area contributed by atoms with E-state index < -0.39 is 6.61 Å². The molecule has 166 valence electrons. The number of piperidine rings is 1. The number of nitrogen functional groups attached to an aromatic ring is 1. The molecule has 1 unspecified atom stereocenters. The zero-order valence-electron chi connectivity index (χ0n) is 17.4. The van der Waals surface area contributed by atoms with Gasteiger partial charge < -0.3 is 25.0 Å². The third-order valence-electron chi connectivity index (χ3n) is 6.49. The summed E-state index contributed by atoms with van der Waals surface area (Å²) in [6.07, 6.45) is 2.65. The number of likely N-dealkylation sites (tertiary alicyclic amines) is 1. The van der Waals surface area contributed by atoms with Gasteiger partial charge in [-0.3, -0.25) is 0 Å². The van der Waals surface area contributed by atoms with Crippen LogP contribution in [0.2, 0.25) is 0 Å². The van der Waals surface area contributed by atoms with Gasteiger partial charge in [0.1, 0.15) is 0 Å². The third kappa shape index (κ3) is 4.01. The minimum Gasteiger partial charge on any atom is -0.431 e. The topological polar surface area (TPSA) is 89.6 Å². The lowest BCUT2D eigenvalue weighted by Gasteiger charge is -2.31. The van der Waals surface area contributed by atoms with E-state index in [-0.39, 0.29) is 11.6 Å². The number of pyridine rings is 1. The van der Waals surface area contributed by atoms with Crippen LogP contribution >= 0.6 is 0 Å². The predicted octanol–water partition coefficient (Wildman–Crippen LogP) is 2.22. The molecule has 0 radical (unpaired) electrons. The van der Waals surface area contributed by atoms with E-state index >= 15 is 0 Å². The van der Waals surface area contributed by atoms with E-state index in [1.165, 1.54) is 6.07 Å². The van der Waals surface area contributed by atoms with Crippen LogP contribution in [0.1, 0.15) is 18.0 Å². The normalized spacial score (nSPS) is 24.9. The maximum atomic E-state index is 12.7. The molecule has 3 aliphatic rings. The number of hydrogen-bond acceptors (Lipinski definition) is 8. The number of alkyl halides is 2. The van der Waals surface area contributed by atoms with Gasteiger partial charge in [-0.1, -0.05) is 0 Å². The van der Waals surface area contributed by atoms with E-state index in [0.717, 1.165) is 51.4 Å². The Morgan fingerprint density at radius 2 is 1.97 bits per heavy atom. The molecule has 3 atom stereocenters. The van der Waals surface area contributed by atoms with Crippen LogP contribution in [0, 0.1) is 11.8 Å². The molecule has 4 heterocycles. The van der Waals surface area contributed by atoms with Gasteiger partial charge in [-0.2, -0.15) is 8.78 Å². The molecule has 0 amide bonds. The minimum absolute atomic E-state index is 0.0748. The fourth-order valence-corrected chi connectivity index (χ4v) is 4.67. The molecular formula is C21H26F2N6O2. The molecule has 8 nitrogen and oxygen atoms in total. The second kappa shape index (κ2) is 8.16. The highest BCUT2D eigenvalue weighted by atomic mass is 19.3. The third-order valence-corrected chi connectivity index (χ3v) is 6.49. The van der Waals surface area contributed by atoms with E-state index in [0.29, 0.717) is 35.0 Å². The van der Waals surface area contributed by atoms with E-state index in [1.54, 1.807) is 13.3 Å². The molecule has 2 aromatic heterocycles. The van der Waals surface area contributed by atoms with Crippen molar-refractivity contribution in [2.75, 3.05) is 57.1 Å². The smallest absolute Gasteiger partial charge is 0.387 e. The molecule has 31 heavy (non-hydrogen) atoms. The van der Waals surface area contributed by atoms with Crippen molar-refractivity contribution in [3.8, 4) is 17.0 Å². The van der Waals surface area contributed by atoms with E-state index in [2.05, 4.69) is 19.5 Å². The van der Waals surface area contributed by atoms with Crippen molar-refractivity contribution in [3.05, 3.63) is 24.0 Å². The molecule has 10 heteroatoms. The van der Waals surface area contributed by atoms with Crippen molar-refractivity contribution in [2.45, 2.75) is 19.0 Å². The number of halogens is 2. The Morgan fingerprint density at radius 1 is 1.19 bits per heavy atom. The summed E-state index contributed by atoms with van der Waals surface area (Å²) in [7, 11) is 1.73. The lowest BCUT2D eigenvalue weighted by molar-refractivity contribution is -0.0494. The molecule has 3 fully saturated rings. The highest BCUT2D eigenvalue weighted by Gasteiger charge is 2.56. The van der Waals surface area contributed by atoms with Gasteiger partial charge in [-0.25, -0.2) is 15.0 Å². The summed E-state index contributed by atoms with van der Waals surface area (Å²) in [6.45, 7) is 2.67. The van der Waals surface area contributed by atoms with Gasteiger partial charge in [0, 0.05) is 57.5 Å². The number of fused-ring (bicyclic) bond motifs is 1. The van der Waals surface area contributed by atoms with Gasteiger partial charge in [0.15, 0.2) is 11.6 Å². The number of aromatic nitrogens is 3. The second-order valence-corrected chi connectivity index (χ2v) is 8.41. The quantitative estimate of drug-likeness (QED) is 0.679. The van der Waals surface area contributed by atoms with Gasteiger partial charge in [0.25, 0.3) is 0 Å². The molecule has 1 aliphatic carbocycles. The van der Waals surface area contributed by atoms with Crippen molar-refractivity contribution < 1.29 is 18.3 Å². The monoisotopic (exact) mass is 432 g/mol. The van der Waals surface area contributed by atoms with E-state index in [4.69, 9.17) is 20.4 Å². The standard InChI is InChI=1S/C21H26F2N6O2/c1-30-6-5-28-10-13-14(11-28)18(13)16-8-15(26-21(27-16)29-3-2-4-29)12-7-17(31-20(22)23)19(24)25-9-12/h7-9,13-14,18,20H,2-6,10-11H2,1H3,(H2,24,25)/t13-,14+,18?. The summed E-state index contributed by atoms with van der Waals surface area (Å²) in [6, 6.07) is 3.44. The first kappa shape index (κ1) is 20.3. The Bertz CT molecular complexity index is 945. The van der Waals surface area contributed by atoms with Crippen LogP contribution in [0.3, 0.4) is 0 Å². The van der Waals surface area contributed by atoms with Gasteiger partial charge in [-0.15, -0.1) is 0 Å². The van der Waals surface area contributed by atoms with Crippen molar-refractivity contribution in [1.82, 2.24) is 19.9 Å². The van der Waals surface area contributed by atoms with Gasteiger partial charge >= 0.3 is 6.61 Å². The van der Waals surface area contributed by atoms with Gasteiger partial charge in [-0.05, 0) is 30.4 Å². The van der Waals surface area contributed by atoms with E-state index in [9.17, 15) is 8.78 Å². The van der Waals surface area contributed by atoms with Gasteiger partial charge in [0.2, 0.25) is 5.95 Å². The number of anilines is 2. The SMILES string of the molecule is COCCN1C[C@@H]2C(c3cc(-c4cnc(N)c(OC(F)F)c4)nc(N4CCC4)n3)[C@@H]2C1. The molecule has 2 saturated heterocycles. The number of hydrogen-bond donors (Lipinski definition) is 1. The Kier molecular flexibility index (Phi) is 5.35. The fraction of sp³-hybridized carbons (Fsp3) is 0.571. The van der Waals surface area contributed by atoms with Crippen LogP contribution in [0.5, 0.6) is 5.75 Å². The van der Waals surface area contributed by atoms with E-state index in [1.807, 2.05) is 6.07 Å². The van der Waals surface area contributed by atoms with Crippen molar-refractivity contribution >= 4 is 11.8 Å². The lowest BCUT2D eigenvalue weighted by Crippen LogP contribution is -2.38. The first-order valence-corrected chi connectivity index (χ1v) is 10.6. The summed E-state index contributed by atoms with van der Waals surface area (Å²) >= 11 is 0. The van der Waals surface area contributed by atoms with Crippen LogP contribution < -0.4 is 15.4 Å². The first-order chi connectivity index (χ1) is 15.0. The molecule has 0 aromatic carbocycles. The molecular weight excluding hydrogens is 406 g/mol. The maximum Gasteiger partial charge on any atom is 0.387 e. The molecule has 0 bridgehead atoms. The zero-order valence-corrected chi connectivity index (χ0v) is 17.4. The van der Waals surface area contributed by atoms with Crippen molar-refractivity contribution in [2.24, 2.45) is 11.8 Å². The molecule has 2 aliphatic heterocycles. The lowest BCUT2D eigenvalue weighted by atomic mass is 10.1. The van der Waals surface area contributed by atoms with Crippen LogP contribution in [-0.4, -0.2) is 72.9 Å². The molecule has 5 rings (SSSR count). The number of nitrogens with two attached hydrogens (primary N) is 1. The summed E-state index contributed by atoms with van der Waals surface area (Å²) in [4.78, 5) is 18.2. The average Bonchev–Trinajstić information content (AvgIpc) is 3.21. The highest BCUT2D eigenvalue weighted by Crippen LogP contribution is 2.58. The molecule has 0 spiro atoms. The molecule has 2 aromatic rings. The Balaban J connectivity index is 1.42. The predicted molar refractivity (Wildman–Crippen MR) is 111 cm³/mol. The first-order valence-electron chi connectivity index (χ1n) is 10.6. The molecule has 1 saturated carbocycles. The number of rotatable bonds is 8. The minimum atomic E-state index is -2.97. The Hall–Kier alpha value is -2.59. The van der Waals surface area contributed by atoms with Crippen molar-refractivity contribution in [3.63, 3.8) is 0 Å². The second-order valence-electron chi connectivity index (χ2n) is 8.41. The van der Waals surface area contributed by atoms with Crippen LogP contribution in [0.25, 0.3) is 11.3 Å². The number of methoxy groups -OCH3 is 1. The van der Waals surface area contributed by atoms with Crippen LogP contribution in [0.15, 0.2) is 18.3 Å². The summed E-state index contributed by atoms with van der Waals surface area (Å²) < 4.78 is 35.2. The summed E-state index contributed by atoms with van der Waals surface area (Å²) in [5, 5.41) is 0. The summed E-state index contributed by atoms with van der Waals surface area (Å²) in [5.74, 6) is 2.05. The largest absolute Gasteiger partial charge is 0.431 e. The average molecular weight is 432 g/mol. The fourth-order valence-electron chi connectivity index (χ4n) is 4.67. The number of ether oxygens (including phenoxy) is 2. The zero-order chi connectivity index (χ0) is 21.5. The summed E-state index contributed by atoms with van der Waals surface area (Å²) in [5.41, 5.74) is 7.95.